The lowest BCUT2D eigenvalue weighted by atomic mass is 10.2. The van der Waals surface area contributed by atoms with Gasteiger partial charge in [0, 0.05) is 18.3 Å². The predicted octanol–water partition coefficient (Wildman–Crippen LogP) is 2.59. The van der Waals surface area contributed by atoms with Crippen LogP contribution in [0, 0.1) is 0 Å². The van der Waals surface area contributed by atoms with Gasteiger partial charge in [-0.1, -0.05) is 13.3 Å². The van der Waals surface area contributed by atoms with Crippen LogP contribution in [0.15, 0.2) is 36.7 Å². The van der Waals surface area contributed by atoms with E-state index >= 15 is 0 Å². The van der Waals surface area contributed by atoms with Gasteiger partial charge in [0.15, 0.2) is 5.65 Å². The molecule has 0 unspecified atom stereocenters. The van der Waals surface area contributed by atoms with Crippen molar-refractivity contribution in [2.45, 2.75) is 19.8 Å². The first-order valence-corrected chi connectivity index (χ1v) is 7.08. The van der Waals surface area contributed by atoms with Gasteiger partial charge in [-0.2, -0.15) is 0 Å². The van der Waals surface area contributed by atoms with Crippen LogP contribution in [0.4, 0.5) is 11.6 Å². The van der Waals surface area contributed by atoms with Gasteiger partial charge >= 0.3 is 0 Å². The number of nitrogen functional groups attached to an aromatic ring is 1. The molecule has 3 heterocycles. The first-order valence-electron chi connectivity index (χ1n) is 7.08. The van der Waals surface area contributed by atoms with Crippen molar-refractivity contribution in [2.75, 3.05) is 17.6 Å². The summed E-state index contributed by atoms with van der Waals surface area (Å²) < 4.78 is 1.82. The van der Waals surface area contributed by atoms with Crippen molar-refractivity contribution < 1.29 is 0 Å². The molecule has 0 saturated carbocycles. The van der Waals surface area contributed by atoms with Crippen molar-refractivity contribution in [1.29, 1.82) is 0 Å². The van der Waals surface area contributed by atoms with Crippen molar-refractivity contribution in [1.82, 2.24) is 19.6 Å². The van der Waals surface area contributed by atoms with Crippen LogP contribution < -0.4 is 11.1 Å². The maximum atomic E-state index is 5.75. The Morgan fingerprint density at radius 2 is 2.14 bits per heavy atom. The lowest BCUT2D eigenvalue weighted by molar-refractivity contribution is 0.823. The summed E-state index contributed by atoms with van der Waals surface area (Å²) in [5.74, 6) is 1.33. The van der Waals surface area contributed by atoms with Gasteiger partial charge in [-0.05, 0) is 30.7 Å². The van der Waals surface area contributed by atoms with E-state index in [1.807, 2.05) is 28.8 Å². The first-order chi connectivity index (χ1) is 10.3. The summed E-state index contributed by atoms with van der Waals surface area (Å²) in [5.41, 5.74) is 8.41. The molecule has 108 valence electrons. The minimum atomic E-state index is 0.486. The maximum absolute atomic E-state index is 5.75. The molecule has 3 N–H and O–H groups in total. The quantitative estimate of drug-likeness (QED) is 0.703. The van der Waals surface area contributed by atoms with Crippen molar-refractivity contribution >= 4 is 17.3 Å². The Morgan fingerprint density at radius 3 is 2.95 bits per heavy atom. The van der Waals surface area contributed by atoms with Crippen LogP contribution in [0.1, 0.15) is 19.8 Å². The predicted molar refractivity (Wildman–Crippen MR) is 84.0 cm³/mol. The highest BCUT2D eigenvalue weighted by atomic mass is 15.3. The lowest BCUT2D eigenvalue weighted by Crippen LogP contribution is -2.05. The van der Waals surface area contributed by atoms with Crippen LogP contribution >= 0.6 is 0 Å². The fourth-order valence-electron chi connectivity index (χ4n) is 2.17. The number of nitrogens with zero attached hydrogens (tertiary/aromatic N) is 4. The molecule has 21 heavy (non-hydrogen) atoms. The maximum Gasteiger partial charge on any atom is 0.154 e. The normalized spacial score (nSPS) is 10.9. The highest BCUT2D eigenvalue weighted by Crippen LogP contribution is 2.21. The fourth-order valence-corrected chi connectivity index (χ4v) is 2.17. The van der Waals surface area contributed by atoms with Gasteiger partial charge in [-0.15, -0.1) is 5.10 Å². The largest absolute Gasteiger partial charge is 0.384 e. The second-order valence-corrected chi connectivity index (χ2v) is 4.88. The average Bonchev–Trinajstić information content (AvgIpc) is 2.91. The van der Waals surface area contributed by atoms with Crippen molar-refractivity contribution in [3.8, 4) is 11.3 Å². The molecule has 0 radical (unpaired) electrons. The third-order valence-electron chi connectivity index (χ3n) is 3.28. The number of hydrogen-bond donors (Lipinski definition) is 2. The van der Waals surface area contributed by atoms with Crippen LogP contribution in [0.5, 0.6) is 0 Å². The van der Waals surface area contributed by atoms with Crippen LogP contribution in [0.25, 0.3) is 16.9 Å². The third kappa shape index (κ3) is 2.79. The summed E-state index contributed by atoms with van der Waals surface area (Å²) in [5, 5.41) is 7.92. The Labute approximate surface area is 123 Å². The SMILES string of the molecule is CCCCNc1ccc2ncc(-c3ccnc(N)c3)n2n1. The number of unbranched alkanes of at least 4 members (excludes halogenated alkanes) is 1. The molecule has 0 aliphatic rings. The molecule has 0 aliphatic carbocycles. The van der Waals surface area contributed by atoms with E-state index in [1.54, 1.807) is 12.4 Å². The number of pyridine rings is 1. The van der Waals surface area contributed by atoms with E-state index in [0.717, 1.165) is 42.1 Å². The highest BCUT2D eigenvalue weighted by molar-refractivity contribution is 5.65. The molecule has 0 amide bonds. The van der Waals surface area contributed by atoms with Crippen LogP contribution in [-0.2, 0) is 0 Å². The summed E-state index contributed by atoms with van der Waals surface area (Å²) in [4.78, 5) is 8.39. The molecule has 6 nitrogen and oxygen atoms in total. The molecule has 0 atom stereocenters. The molecular formula is C15H18N6. The molecule has 0 aliphatic heterocycles. The van der Waals surface area contributed by atoms with Gasteiger partial charge in [0.25, 0.3) is 0 Å². The second kappa shape index (κ2) is 5.78. The monoisotopic (exact) mass is 282 g/mol. The van der Waals surface area contributed by atoms with E-state index in [9.17, 15) is 0 Å². The number of anilines is 2. The molecule has 0 fully saturated rings. The minimum absolute atomic E-state index is 0.486. The van der Waals surface area contributed by atoms with Gasteiger partial charge in [0.1, 0.15) is 11.6 Å². The van der Waals surface area contributed by atoms with E-state index < -0.39 is 0 Å². The average molecular weight is 282 g/mol. The third-order valence-corrected chi connectivity index (χ3v) is 3.28. The summed E-state index contributed by atoms with van der Waals surface area (Å²) >= 11 is 0. The Bertz CT molecular complexity index is 749. The standard InChI is InChI=1S/C15H18N6/c1-2-3-7-18-14-4-5-15-19-10-12(21(15)20-14)11-6-8-17-13(16)9-11/h4-6,8-10H,2-3,7H2,1H3,(H2,16,17)(H,18,20). The van der Waals surface area contributed by atoms with E-state index in [-0.39, 0.29) is 0 Å². The molecule has 3 rings (SSSR count). The molecular weight excluding hydrogens is 264 g/mol. The summed E-state index contributed by atoms with van der Waals surface area (Å²) in [6, 6.07) is 7.62. The number of rotatable bonds is 5. The number of nitrogens with two attached hydrogens (primary N) is 1. The number of aromatic nitrogens is 4. The minimum Gasteiger partial charge on any atom is -0.384 e. The van der Waals surface area contributed by atoms with E-state index in [2.05, 4.69) is 27.3 Å². The number of nitrogens with one attached hydrogen (secondary N) is 1. The molecule has 3 aromatic heterocycles. The van der Waals surface area contributed by atoms with Gasteiger partial charge in [-0.3, -0.25) is 0 Å². The molecule has 3 aromatic rings. The molecule has 0 saturated heterocycles. The van der Waals surface area contributed by atoms with Gasteiger partial charge in [0.2, 0.25) is 0 Å². The van der Waals surface area contributed by atoms with Crippen LogP contribution in [-0.4, -0.2) is 26.1 Å². The second-order valence-electron chi connectivity index (χ2n) is 4.88. The topological polar surface area (TPSA) is 81.1 Å². The summed E-state index contributed by atoms with van der Waals surface area (Å²) in [6.07, 6.45) is 5.76. The van der Waals surface area contributed by atoms with Gasteiger partial charge < -0.3 is 11.1 Å². The lowest BCUT2D eigenvalue weighted by Gasteiger charge is -2.06. The molecule has 0 aromatic carbocycles. The van der Waals surface area contributed by atoms with Crippen LogP contribution in [0.3, 0.4) is 0 Å². The number of hydrogen-bond acceptors (Lipinski definition) is 5. The summed E-state index contributed by atoms with van der Waals surface area (Å²) in [6.45, 7) is 3.08. The zero-order valence-electron chi connectivity index (χ0n) is 12.0. The van der Waals surface area contributed by atoms with Crippen molar-refractivity contribution in [3.05, 3.63) is 36.7 Å². The van der Waals surface area contributed by atoms with Crippen LogP contribution in [0.2, 0.25) is 0 Å². The Morgan fingerprint density at radius 1 is 1.24 bits per heavy atom. The van der Waals surface area contributed by atoms with E-state index in [4.69, 9.17) is 5.73 Å². The zero-order chi connectivity index (χ0) is 14.7. The smallest absolute Gasteiger partial charge is 0.154 e. The number of imidazole rings is 1. The molecule has 0 bridgehead atoms. The highest BCUT2D eigenvalue weighted by Gasteiger charge is 2.08. The molecule has 6 heteroatoms. The number of fused-ring (bicyclic) bond motifs is 1. The Hall–Kier alpha value is -2.63. The van der Waals surface area contributed by atoms with Crippen molar-refractivity contribution in [2.24, 2.45) is 0 Å². The van der Waals surface area contributed by atoms with Crippen molar-refractivity contribution in [3.63, 3.8) is 0 Å². The summed E-state index contributed by atoms with van der Waals surface area (Å²) in [7, 11) is 0. The van der Waals surface area contributed by atoms with E-state index in [1.165, 1.54) is 0 Å². The Balaban J connectivity index is 1.97. The Kier molecular flexibility index (Phi) is 3.68. The molecule has 0 spiro atoms. The van der Waals surface area contributed by atoms with Gasteiger partial charge in [0.05, 0.1) is 11.9 Å². The first kappa shape index (κ1) is 13.4. The van der Waals surface area contributed by atoms with E-state index in [0.29, 0.717) is 5.82 Å². The van der Waals surface area contributed by atoms with Gasteiger partial charge in [-0.25, -0.2) is 14.5 Å². The fraction of sp³-hybridized carbons (Fsp3) is 0.267. The zero-order valence-corrected chi connectivity index (χ0v) is 12.0.